The van der Waals surface area contributed by atoms with Gasteiger partial charge < -0.3 is 10.6 Å². The fraction of sp³-hybridized carbons (Fsp3) is 0.571. The van der Waals surface area contributed by atoms with Gasteiger partial charge in [0.15, 0.2) is 0 Å². The zero-order valence-corrected chi connectivity index (χ0v) is 11.7. The summed E-state index contributed by atoms with van der Waals surface area (Å²) >= 11 is 2.09. The van der Waals surface area contributed by atoms with Crippen LogP contribution in [0, 0.1) is 0 Å². The molecule has 2 rings (SSSR count). The minimum Gasteiger partial charge on any atom is -0.369 e. The summed E-state index contributed by atoms with van der Waals surface area (Å²) in [6.45, 7) is 8.93. The summed E-state index contributed by atoms with van der Waals surface area (Å²) in [7, 11) is 0. The SMILES string of the molecule is CC1CN(c2ccc([C@@H](C)N)cc2)CC(C)S1. The van der Waals surface area contributed by atoms with Crippen molar-refractivity contribution in [1.82, 2.24) is 0 Å². The zero-order chi connectivity index (χ0) is 12.4. The number of nitrogens with zero attached hydrogens (tertiary/aromatic N) is 1. The smallest absolute Gasteiger partial charge is 0.0367 e. The summed E-state index contributed by atoms with van der Waals surface area (Å²) in [5.74, 6) is 0. The third kappa shape index (κ3) is 3.17. The van der Waals surface area contributed by atoms with E-state index in [4.69, 9.17) is 5.73 Å². The average Bonchev–Trinajstić information content (AvgIpc) is 2.28. The fourth-order valence-electron chi connectivity index (χ4n) is 2.38. The van der Waals surface area contributed by atoms with Crippen LogP contribution >= 0.6 is 11.8 Å². The number of nitrogens with two attached hydrogens (primary N) is 1. The second kappa shape index (κ2) is 5.32. The van der Waals surface area contributed by atoms with Crippen LogP contribution in [0.15, 0.2) is 24.3 Å². The van der Waals surface area contributed by atoms with Gasteiger partial charge >= 0.3 is 0 Å². The molecule has 1 saturated heterocycles. The predicted octanol–water partition coefficient (Wildman–Crippen LogP) is 3.04. The number of hydrogen-bond acceptors (Lipinski definition) is 3. The standard InChI is InChI=1S/C14H22N2S/c1-10-8-16(9-11(2)17-10)14-6-4-13(5-7-14)12(3)15/h4-7,10-12H,8-9,15H2,1-3H3/t10?,11?,12-/m1/s1. The van der Waals surface area contributed by atoms with Crippen LogP contribution in [0.25, 0.3) is 0 Å². The lowest BCUT2D eigenvalue weighted by Crippen LogP contribution is -2.40. The van der Waals surface area contributed by atoms with Gasteiger partial charge in [0.25, 0.3) is 0 Å². The Labute approximate surface area is 109 Å². The average molecular weight is 250 g/mol. The third-order valence-electron chi connectivity index (χ3n) is 3.20. The number of thioether (sulfide) groups is 1. The first-order valence-electron chi connectivity index (χ1n) is 6.32. The van der Waals surface area contributed by atoms with Crippen LogP contribution in [-0.4, -0.2) is 23.6 Å². The van der Waals surface area contributed by atoms with E-state index >= 15 is 0 Å². The van der Waals surface area contributed by atoms with E-state index in [0.29, 0.717) is 10.5 Å². The molecule has 1 heterocycles. The number of rotatable bonds is 2. The molecule has 3 heteroatoms. The van der Waals surface area contributed by atoms with Crippen LogP contribution < -0.4 is 10.6 Å². The van der Waals surface area contributed by atoms with Gasteiger partial charge in [-0.25, -0.2) is 0 Å². The molecule has 0 aliphatic carbocycles. The number of benzene rings is 1. The van der Waals surface area contributed by atoms with Gasteiger partial charge in [-0.15, -0.1) is 0 Å². The van der Waals surface area contributed by atoms with Crippen molar-refractivity contribution in [2.75, 3.05) is 18.0 Å². The van der Waals surface area contributed by atoms with Crippen molar-refractivity contribution in [3.05, 3.63) is 29.8 Å². The quantitative estimate of drug-likeness (QED) is 0.875. The largest absolute Gasteiger partial charge is 0.369 e. The molecule has 0 bridgehead atoms. The molecule has 17 heavy (non-hydrogen) atoms. The number of hydrogen-bond donors (Lipinski definition) is 1. The lowest BCUT2D eigenvalue weighted by atomic mass is 10.1. The van der Waals surface area contributed by atoms with Crippen molar-refractivity contribution in [2.45, 2.75) is 37.3 Å². The second-order valence-electron chi connectivity index (χ2n) is 5.04. The number of anilines is 1. The van der Waals surface area contributed by atoms with E-state index in [0.717, 1.165) is 13.1 Å². The molecule has 0 amide bonds. The van der Waals surface area contributed by atoms with Gasteiger partial charge in [-0.3, -0.25) is 0 Å². The lowest BCUT2D eigenvalue weighted by Gasteiger charge is -2.36. The fourth-order valence-corrected chi connectivity index (χ4v) is 3.70. The molecule has 2 nitrogen and oxygen atoms in total. The highest BCUT2D eigenvalue weighted by Gasteiger charge is 2.22. The van der Waals surface area contributed by atoms with Gasteiger partial charge in [0.1, 0.15) is 0 Å². The third-order valence-corrected chi connectivity index (χ3v) is 4.43. The highest BCUT2D eigenvalue weighted by atomic mass is 32.2. The van der Waals surface area contributed by atoms with Crippen molar-refractivity contribution in [3.63, 3.8) is 0 Å². The Morgan fingerprint density at radius 1 is 1.18 bits per heavy atom. The summed E-state index contributed by atoms with van der Waals surface area (Å²) in [5.41, 5.74) is 8.41. The maximum absolute atomic E-state index is 5.87. The Hall–Kier alpha value is -0.670. The van der Waals surface area contributed by atoms with Gasteiger partial charge in [-0.2, -0.15) is 11.8 Å². The van der Waals surface area contributed by atoms with Gasteiger partial charge in [0.2, 0.25) is 0 Å². The molecule has 0 saturated carbocycles. The van der Waals surface area contributed by atoms with Crippen molar-refractivity contribution in [3.8, 4) is 0 Å². The van der Waals surface area contributed by atoms with E-state index < -0.39 is 0 Å². The monoisotopic (exact) mass is 250 g/mol. The summed E-state index contributed by atoms with van der Waals surface area (Å²) in [6.07, 6.45) is 0. The van der Waals surface area contributed by atoms with Gasteiger partial charge in [-0.05, 0) is 24.6 Å². The Bertz CT molecular complexity index is 351. The molecule has 0 aromatic heterocycles. The Morgan fingerprint density at radius 3 is 2.18 bits per heavy atom. The molecule has 1 aliphatic rings. The molecule has 1 fully saturated rings. The van der Waals surface area contributed by atoms with Crippen LogP contribution in [0.5, 0.6) is 0 Å². The lowest BCUT2D eigenvalue weighted by molar-refractivity contribution is 0.727. The second-order valence-corrected chi connectivity index (χ2v) is 6.92. The highest BCUT2D eigenvalue weighted by Crippen LogP contribution is 2.28. The molecule has 2 N–H and O–H groups in total. The van der Waals surface area contributed by atoms with Crippen LogP contribution in [0.4, 0.5) is 5.69 Å². The van der Waals surface area contributed by atoms with Crippen LogP contribution in [0.3, 0.4) is 0 Å². The molecule has 0 spiro atoms. The van der Waals surface area contributed by atoms with Crippen LogP contribution in [-0.2, 0) is 0 Å². The summed E-state index contributed by atoms with van der Waals surface area (Å²) in [5, 5.41) is 1.43. The van der Waals surface area contributed by atoms with E-state index in [1.807, 2.05) is 6.92 Å². The summed E-state index contributed by atoms with van der Waals surface area (Å²) in [4.78, 5) is 2.48. The van der Waals surface area contributed by atoms with Crippen molar-refractivity contribution < 1.29 is 0 Å². The van der Waals surface area contributed by atoms with Gasteiger partial charge in [0, 0.05) is 35.3 Å². The van der Waals surface area contributed by atoms with Gasteiger partial charge in [-0.1, -0.05) is 26.0 Å². The van der Waals surface area contributed by atoms with Crippen molar-refractivity contribution in [2.24, 2.45) is 5.73 Å². The molecular formula is C14H22N2S. The van der Waals surface area contributed by atoms with E-state index in [1.165, 1.54) is 11.3 Å². The van der Waals surface area contributed by atoms with E-state index in [-0.39, 0.29) is 6.04 Å². The molecule has 3 atom stereocenters. The van der Waals surface area contributed by atoms with Crippen molar-refractivity contribution in [1.29, 1.82) is 0 Å². The maximum atomic E-state index is 5.87. The summed E-state index contributed by atoms with van der Waals surface area (Å²) in [6, 6.07) is 8.83. The summed E-state index contributed by atoms with van der Waals surface area (Å²) < 4.78 is 0. The topological polar surface area (TPSA) is 29.3 Å². The van der Waals surface area contributed by atoms with Gasteiger partial charge in [0.05, 0.1) is 0 Å². The minimum absolute atomic E-state index is 0.124. The molecule has 1 aromatic rings. The molecule has 94 valence electrons. The normalized spacial score (nSPS) is 26.9. The first-order chi connectivity index (χ1) is 8.06. The zero-order valence-electron chi connectivity index (χ0n) is 10.9. The maximum Gasteiger partial charge on any atom is 0.0367 e. The minimum atomic E-state index is 0.124. The highest BCUT2D eigenvalue weighted by molar-refractivity contribution is 8.00. The van der Waals surface area contributed by atoms with Crippen LogP contribution in [0.2, 0.25) is 0 Å². The molecule has 1 aliphatic heterocycles. The van der Waals surface area contributed by atoms with E-state index in [9.17, 15) is 0 Å². The van der Waals surface area contributed by atoms with E-state index in [2.05, 4.69) is 54.8 Å². The first-order valence-corrected chi connectivity index (χ1v) is 7.26. The Balaban J connectivity index is 2.11. The first kappa shape index (κ1) is 12.8. The Morgan fingerprint density at radius 2 is 1.71 bits per heavy atom. The van der Waals surface area contributed by atoms with Crippen molar-refractivity contribution >= 4 is 17.4 Å². The molecule has 2 unspecified atom stereocenters. The van der Waals surface area contributed by atoms with Crippen LogP contribution in [0.1, 0.15) is 32.4 Å². The molecule has 0 radical (unpaired) electrons. The molecule has 1 aromatic carbocycles. The predicted molar refractivity (Wildman–Crippen MR) is 77.8 cm³/mol. The molecular weight excluding hydrogens is 228 g/mol. The Kier molecular flexibility index (Phi) is 4.00. The van der Waals surface area contributed by atoms with E-state index in [1.54, 1.807) is 0 Å².